The van der Waals surface area contributed by atoms with Crippen LogP contribution in [0.1, 0.15) is 48.5 Å². The van der Waals surface area contributed by atoms with Gasteiger partial charge < -0.3 is 4.90 Å². The van der Waals surface area contributed by atoms with Crippen LogP contribution >= 0.6 is 0 Å². The fraction of sp³-hybridized carbons (Fsp3) is 0.106. The predicted octanol–water partition coefficient (Wildman–Crippen LogP) is 12.6. The lowest BCUT2D eigenvalue weighted by Gasteiger charge is -2.39. The Labute approximate surface area is 298 Å². The summed E-state index contributed by atoms with van der Waals surface area (Å²) in [7, 11) is 0. The Morgan fingerprint density at radius 2 is 1.10 bits per heavy atom. The van der Waals surface area contributed by atoms with Crippen LogP contribution in [0.15, 0.2) is 170 Å². The molecule has 3 heteroatoms. The Hall–Kier alpha value is -5.80. The van der Waals surface area contributed by atoms with Gasteiger partial charge in [0.25, 0.3) is 0 Å². The Morgan fingerprint density at radius 1 is 0.540 bits per heavy atom. The minimum absolute atomic E-state index is 0.0130. The number of hydrogen-bond acceptors (Lipinski definition) is 1. The minimum Gasteiger partial charge on any atom is -0.331 e. The standard InChI is InChI=1S/C47H37F2N/c1-46(2,3)50(42-29-16-15-28-41(42)48)43-31-33(30-39(45(43)49)32-18-7-4-8-19-32)36-25-17-26-38-37-24-13-14-27-40(37)47(44(36)38,34-20-9-5-10-21-34)35-22-11-6-12-23-35/h4-31H,1-3H3/i15D,16D,28D,29D. The normalized spacial score (nSPS) is 14.2. The molecule has 0 aliphatic heterocycles. The second-order valence-corrected chi connectivity index (χ2v) is 13.6. The van der Waals surface area contributed by atoms with Gasteiger partial charge in [-0.3, -0.25) is 0 Å². The summed E-state index contributed by atoms with van der Waals surface area (Å²) >= 11 is 0. The van der Waals surface area contributed by atoms with E-state index in [1.54, 1.807) is 26.8 Å². The first-order valence-electron chi connectivity index (χ1n) is 18.8. The molecule has 0 N–H and O–H groups in total. The highest BCUT2D eigenvalue weighted by atomic mass is 19.1. The second-order valence-electron chi connectivity index (χ2n) is 13.6. The van der Waals surface area contributed by atoms with Gasteiger partial charge in [0.1, 0.15) is 5.82 Å². The van der Waals surface area contributed by atoms with Gasteiger partial charge in [-0.25, -0.2) is 8.78 Å². The van der Waals surface area contributed by atoms with Gasteiger partial charge in [0.15, 0.2) is 5.82 Å². The lowest BCUT2D eigenvalue weighted by atomic mass is 9.66. The lowest BCUT2D eigenvalue weighted by Crippen LogP contribution is -2.38. The monoisotopic (exact) mass is 657 g/mol. The lowest BCUT2D eigenvalue weighted by molar-refractivity contribution is 0.527. The van der Waals surface area contributed by atoms with Crippen LogP contribution in [0.4, 0.5) is 20.2 Å². The van der Waals surface area contributed by atoms with Crippen molar-refractivity contribution in [2.45, 2.75) is 31.7 Å². The van der Waals surface area contributed by atoms with Crippen LogP contribution in [0.5, 0.6) is 0 Å². The summed E-state index contributed by atoms with van der Waals surface area (Å²) in [5.74, 6) is -1.79. The Balaban J connectivity index is 1.52. The molecule has 0 atom stereocenters. The van der Waals surface area contributed by atoms with Crippen LogP contribution in [0.2, 0.25) is 0 Å². The highest BCUT2D eigenvalue weighted by Gasteiger charge is 2.47. The molecule has 0 fully saturated rings. The molecule has 1 aliphatic carbocycles. The van der Waals surface area contributed by atoms with Crippen LogP contribution in [-0.2, 0) is 5.41 Å². The van der Waals surface area contributed by atoms with Crippen molar-refractivity contribution in [1.82, 2.24) is 0 Å². The van der Waals surface area contributed by atoms with Crippen molar-refractivity contribution in [3.05, 3.63) is 204 Å². The highest BCUT2D eigenvalue weighted by Crippen LogP contribution is 2.59. The molecule has 1 aliphatic rings. The van der Waals surface area contributed by atoms with Gasteiger partial charge in [-0.2, -0.15) is 0 Å². The highest BCUT2D eigenvalue weighted by molar-refractivity contribution is 5.94. The van der Waals surface area contributed by atoms with Gasteiger partial charge in [-0.1, -0.05) is 146 Å². The fourth-order valence-electron chi connectivity index (χ4n) is 7.76. The summed E-state index contributed by atoms with van der Waals surface area (Å²) in [6, 6.07) is 45.4. The van der Waals surface area contributed by atoms with Gasteiger partial charge in [0.2, 0.25) is 0 Å². The largest absolute Gasteiger partial charge is 0.331 e. The van der Waals surface area contributed by atoms with E-state index in [1.165, 1.54) is 4.90 Å². The first-order valence-corrected chi connectivity index (χ1v) is 16.8. The van der Waals surface area contributed by atoms with Crippen molar-refractivity contribution in [2.75, 3.05) is 4.90 Å². The molecule has 0 unspecified atom stereocenters. The summed E-state index contributed by atoms with van der Waals surface area (Å²) < 4.78 is 67.6. The quantitative estimate of drug-likeness (QED) is 0.172. The zero-order valence-electron chi connectivity index (χ0n) is 32.1. The first-order chi connectivity index (χ1) is 26.0. The van der Waals surface area contributed by atoms with Crippen molar-refractivity contribution < 1.29 is 14.3 Å². The summed E-state index contributed by atoms with van der Waals surface area (Å²) in [6.45, 7) is 5.32. The van der Waals surface area contributed by atoms with Gasteiger partial charge in [-0.15, -0.1) is 0 Å². The minimum atomic E-state index is -1.15. The SMILES string of the molecule is [2H]c1c([2H])c([2H])c(N(c2cc(-c3cccc4c3C(c3ccccc3)(c3ccccc3)c3ccccc3-4)cc(-c3ccccc3)c2F)C(C)(C)C)c(F)c1[2H]. The van der Waals surface area contributed by atoms with E-state index in [0.29, 0.717) is 11.1 Å². The number of para-hydroxylation sites is 1. The summed E-state index contributed by atoms with van der Waals surface area (Å²) in [4.78, 5) is 1.38. The summed E-state index contributed by atoms with van der Waals surface area (Å²) in [5, 5.41) is 0. The first kappa shape index (κ1) is 27.1. The molecule has 0 spiro atoms. The van der Waals surface area contributed by atoms with Crippen molar-refractivity contribution in [3.8, 4) is 33.4 Å². The van der Waals surface area contributed by atoms with Crippen LogP contribution in [0.25, 0.3) is 33.4 Å². The zero-order chi connectivity index (χ0) is 37.9. The van der Waals surface area contributed by atoms with E-state index in [9.17, 15) is 0 Å². The van der Waals surface area contributed by atoms with Crippen LogP contribution in [0, 0.1) is 11.6 Å². The van der Waals surface area contributed by atoms with E-state index >= 15 is 8.78 Å². The van der Waals surface area contributed by atoms with Gasteiger partial charge in [0, 0.05) is 11.1 Å². The van der Waals surface area contributed by atoms with Gasteiger partial charge >= 0.3 is 0 Å². The molecule has 7 aromatic carbocycles. The molecule has 0 aromatic heterocycles. The molecule has 244 valence electrons. The molecule has 0 radical (unpaired) electrons. The zero-order valence-corrected chi connectivity index (χ0v) is 28.1. The van der Waals surface area contributed by atoms with Crippen molar-refractivity contribution in [1.29, 1.82) is 0 Å². The molecular weight excluding hydrogens is 617 g/mol. The number of anilines is 2. The van der Waals surface area contributed by atoms with Gasteiger partial charge in [-0.05, 0) is 95.1 Å². The maximum Gasteiger partial charge on any atom is 0.154 e. The Morgan fingerprint density at radius 3 is 1.76 bits per heavy atom. The fourth-order valence-corrected chi connectivity index (χ4v) is 7.76. The summed E-state index contributed by atoms with van der Waals surface area (Å²) in [6.07, 6.45) is 0. The number of nitrogens with zero attached hydrogens (tertiary/aromatic N) is 1. The van der Waals surface area contributed by atoms with E-state index in [-0.39, 0.29) is 11.3 Å². The molecule has 0 amide bonds. The smallest absolute Gasteiger partial charge is 0.154 e. The van der Waals surface area contributed by atoms with Gasteiger partial charge in [0.05, 0.1) is 22.3 Å². The van der Waals surface area contributed by atoms with Crippen LogP contribution < -0.4 is 4.90 Å². The van der Waals surface area contributed by atoms with Crippen molar-refractivity contribution >= 4 is 11.4 Å². The van der Waals surface area contributed by atoms with E-state index in [2.05, 4.69) is 48.5 Å². The van der Waals surface area contributed by atoms with Crippen molar-refractivity contribution in [2.24, 2.45) is 0 Å². The number of halogens is 2. The maximum atomic E-state index is 17.5. The third kappa shape index (κ3) is 4.96. The third-order valence-corrected chi connectivity index (χ3v) is 9.68. The Kier molecular flexibility index (Phi) is 6.64. The average molecular weight is 658 g/mol. The second kappa shape index (κ2) is 12.3. The molecule has 50 heavy (non-hydrogen) atoms. The number of fused-ring (bicyclic) bond motifs is 3. The molecule has 8 rings (SSSR count). The van der Waals surface area contributed by atoms with Crippen LogP contribution in [0.3, 0.4) is 0 Å². The van der Waals surface area contributed by atoms with E-state index in [0.717, 1.165) is 38.9 Å². The molecule has 0 bridgehead atoms. The topological polar surface area (TPSA) is 3.24 Å². The molecule has 0 saturated heterocycles. The molecule has 1 nitrogen and oxygen atoms in total. The predicted molar refractivity (Wildman–Crippen MR) is 203 cm³/mol. The maximum absolute atomic E-state index is 17.5. The van der Waals surface area contributed by atoms with Crippen molar-refractivity contribution in [3.63, 3.8) is 0 Å². The third-order valence-electron chi connectivity index (χ3n) is 9.68. The van der Waals surface area contributed by atoms with E-state index in [1.807, 2.05) is 91.0 Å². The average Bonchev–Trinajstić information content (AvgIpc) is 3.50. The van der Waals surface area contributed by atoms with Crippen LogP contribution in [-0.4, -0.2) is 5.54 Å². The summed E-state index contributed by atoms with van der Waals surface area (Å²) in [5.41, 5.74) is 6.57. The molecule has 7 aromatic rings. The number of hydrogen-bond donors (Lipinski definition) is 0. The van der Waals surface area contributed by atoms with E-state index in [4.69, 9.17) is 5.48 Å². The number of rotatable bonds is 6. The molecule has 0 heterocycles. The van der Waals surface area contributed by atoms with E-state index < -0.39 is 52.4 Å². The molecular formula is C47H37F2N. The molecule has 0 saturated carbocycles. The number of benzene rings is 7. The Bertz CT molecular complexity index is 2480.